The Morgan fingerprint density at radius 2 is 2.10 bits per heavy atom. The molecule has 0 saturated heterocycles. The van der Waals surface area contributed by atoms with Gasteiger partial charge in [-0.3, -0.25) is 4.79 Å². The van der Waals surface area contributed by atoms with Gasteiger partial charge in [-0.15, -0.1) is 5.10 Å². The van der Waals surface area contributed by atoms with Gasteiger partial charge in [-0.25, -0.2) is 0 Å². The lowest BCUT2D eigenvalue weighted by Gasteiger charge is -2.20. The maximum atomic E-state index is 11.9. The molecule has 1 aliphatic carbocycles. The first-order valence-electron chi connectivity index (χ1n) is 7.39. The molecular weight excluding hydrogens is 266 g/mol. The van der Waals surface area contributed by atoms with Gasteiger partial charge in [-0.05, 0) is 31.2 Å². The quantitative estimate of drug-likeness (QED) is 0.850. The van der Waals surface area contributed by atoms with Gasteiger partial charge in [-0.2, -0.15) is 10.4 Å². The van der Waals surface area contributed by atoms with E-state index < -0.39 is 0 Å². The highest BCUT2D eigenvalue weighted by atomic mass is 16.2. The lowest BCUT2D eigenvalue weighted by Crippen LogP contribution is -2.37. The van der Waals surface area contributed by atoms with Gasteiger partial charge < -0.3 is 10.2 Å². The van der Waals surface area contributed by atoms with Crippen LogP contribution in [0, 0.1) is 11.3 Å². The second kappa shape index (κ2) is 6.53. The molecule has 0 bridgehead atoms. The number of aromatic nitrogens is 2. The number of likely N-dealkylation sites (N-methyl/N-ethyl adjacent to an activating group) is 1. The van der Waals surface area contributed by atoms with Crippen molar-refractivity contribution < 1.29 is 4.79 Å². The third-order valence-corrected chi connectivity index (χ3v) is 3.62. The number of nitrogens with one attached hydrogen (secondary N) is 1. The minimum Gasteiger partial charge on any atom is -0.352 e. The summed E-state index contributed by atoms with van der Waals surface area (Å²) in [6.07, 6.45) is 3.60. The summed E-state index contributed by atoms with van der Waals surface area (Å²) in [5, 5.41) is 20.7. The number of carbonyl (C=O) groups is 1. The van der Waals surface area contributed by atoms with Gasteiger partial charge in [0.2, 0.25) is 5.91 Å². The normalized spacial score (nSPS) is 13.6. The van der Waals surface area contributed by atoms with Gasteiger partial charge in [0.15, 0.2) is 5.82 Å². The van der Waals surface area contributed by atoms with Crippen LogP contribution in [0.3, 0.4) is 0 Å². The van der Waals surface area contributed by atoms with Crippen LogP contribution in [0.15, 0.2) is 0 Å². The van der Waals surface area contributed by atoms with Crippen molar-refractivity contribution in [2.75, 3.05) is 18.5 Å². The van der Waals surface area contributed by atoms with Gasteiger partial charge >= 0.3 is 0 Å². The molecule has 0 radical (unpaired) electrons. The van der Waals surface area contributed by atoms with Gasteiger partial charge in [0.1, 0.15) is 11.6 Å². The number of nitriles is 1. The number of aryl methyl sites for hydroxylation is 1. The number of amides is 1. The largest absolute Gasteiger partial charge is 0.352 e. The average molecular weight is 287 g/mol. The minimum atomic E-state index is -0.0386. The Kier molecular flexibility index (Phi) is 4.73. The molecule has 21 heavy (non-hydrogen) atoms. The van der Waals surface area contributed by atoms with Crippen LogP contribution in [-0.2, 0) is 17.6 Å². The van der Waals surface area contributed by atoms with Crippen molar-refractivity contribution in [3.05, 3.63) is 16.8 Å². The molecular formula is C15H21N5O. The van der Waals surface area contributed by atoms with E-state index in [1.807, 2.05) is 13.8 Å². The molecule has 2 rings (SSSR count). The van der Waals surface area contributed by atoms with Crippen LogP contribution < -0.4 is 10.2 Å². The van der Waals surface area contributed by atoms with Crippen molar-refractivity contribution in [3.8, 4) is 6.07 Å². The van der Waals surface area contributed by atoms with Crippen LogP contribution in [0.25, 0.3) is 0 Å². The van der Waals surface area contributed by atoms with E-state index in [4.69, 9.17) is 0 Å². The molecule has 1 saturated carbocycles. The number of carbonyl (C=O) groups excluding carboxylic acids is 1. The fourth-order valence-corrected chi connectivity index (χ4v) is 2.34. The number of anilines is 1. The maximum Gasteiger partial charge on any atom is 0.239 e. The Hall–Kier alpha value is -2.16. The summed E-state index contributed by atoms with van der Waals surface area (Å²) in [5.74, 6) is 0.445. The molecule has 1 amide bonds. The fraction of sp³-hybridized carbons (Fsp3) is 0.600. The predicted octanol–water partition coefficient (Wildman–Crippen LogP) is 1.19. The van der Waals surface area contributed by atoms with Crippen LogP contribution in [0.2, 0.25) is 0 Å². The fourth-order valence-electron chi connectivity index (χ4n) is 2.34. The van der Waals surface area contributed by atoms with Crippen LogP contribution >= 0.6 is 0 Å². The molecule has 112 valence electrons. The van der Waals surface area contributed by atoms with E-state index in [-0.39, 0.29) is 12.5 Å². The van der Waals surface area contributed by atoms with E-state index in [1.165, 1.54) is 0 Å². The first kappa shape index (κ1) is 15.2. The second-order valence-corrected chi connectivity index (χ2v) is 5.34. The highest BCUT2D eigenvalue weighted by molar-refractivity contribution is 5.82. The zero-order valence-corrected chi connectivity index (χ0v) is 12.8. The number of hydrogen-bond donors (Lipinski definition) is 1. The number of rotatable bonds is 6. The summed E-state index contributed by atoms with van der Waals surface area (Å²) >= 11 is 0. The zero-order chi connectivity index (χ0) is 15.4. The average Bonchev–Trinajstić information content (AvgIpc) is 3.28. The lowest BCUT2D eigenvalue weighted by molar-refractivity contribution is -0.119. The lowest BCUT2D eigenvalue weighted by atomic mass is 10.0. The van der Waals surface area contributed by atoms with Crippen LogP contribution in [0.5, 0.6) is 0 Å². The summed E-state index contributed by atoms with van der Waals surface area (Å²) in [6.45, 7) is 4.19. The van der Waals surface area contributed by atoms with E-state index >= 15 is 0 Å². The van der Waals surface area contributed by atoms with Crippen molar-refractivity contribution in [1.29, 1.82) is 5.26 Å². The van der Waals surface area contributed by atoms with Crippen molar-refractivity contribution >= 4 is 11.7 Å². The molecule has 0 aromatic carbocycles. The van der Waals surface area contributed by atoms with Crippen molar-refractivity contribution in [3.63, 3.8) is 0 Å². The molecule has 0 atom stereocenters. The molecule has 6 nitrogen and oxygen atoms in total. The highest BCUT2D eigenvalue weighted by Gasteiger charge is 2.24. The number of hydrogen-bond acceptors (Lipinski definition) is 5. The van der Waals surface area contributed by atoms with Crippen molar-refractivity contribution in [2.24, 2.45) is 0 Å². The summed E-state index contributed by atoms with van der Waals surface area (Å²) in [7, 11) is 1.77. The summed E-state index contributed by atoms with van der Waals surface area (Å²) in [6, 6.07) is 2.56. The van der Waals surface area contributed by atoms with Gasteiger partial charge in [0, 0.05) is 13.1 Å². The predicted molar refractivity (Wildman–Crippen MR) is 79.9 cm³/mol. The standard InChI is InChI=1S/C15H21N5O/c1-4-11-12(8-16)15(19-18-13(11)5-2)20(3)9-14(21)17-10-6-7-10/h10H,4-7,9H2,1-3H3,(H,17,21). The monoisotopic (exact) mass is 287 g/mol. The molecule has 1 N–H and O–H groups in total. The maximum absolute atomic E-state index is 11.9. The molecule has 0 unspecified atom stereocenters. The Morgan fingerprint density at radius 1 is 1.38 bits per heavy atom. The molecule has 6 heteroatoms. The molecule has 1 heterocycles. The highest BCUT2D eigenvalue weighted by Crippen LogP contribution is 2.22. The first-order valence-corrected chi connectivity index (χ1v) is 7.39. The molecule has 1 aliphatic rings. The Morgan fingerprint density at radius 3 is 2.62 bits per heavy atom. The minimum absolute atomic E-state index is 0.0386. The summed E-state index contributed by atoms with van der Waals surface area (Å²) in [4.78, 5) is 13.6. The van der Waals surface area contributed by atoms with Gasteiger partial charge in [0.05, 0.1) is 12.2 Å². The first-order chi connectivity index (χ1) is 10.1. The van der Waals surface area contributed by atoms with E-state index in [9.17, 15) is 10.1 Å². The van der Waals surface area contributed by atoms with E-state index in [0.29, 0.717) is 17.4 Å². The summed E-state index contributed by atoms with van der Waals surface area (Å²) < 4.78 is 0. The van der Waals surface area contributed by atoms with Crippen LogP contribution in [0.4, 0.5) is 5.82 Å². The molecule has 0 spiro atoms. The Labute approximate surface area is 125 Å². The smallest absolute Gasteiger partial charge is 0.239 e. The second-order valence-electron chi connectivity index (χ2n) is 5.34. The zero-order valence-electron chi connectivity index (χ0n) is 12.8. The van der Waals surface area contributed by atoms with Crippen molar-refractivity contribution in [1.82, 2.24) is 15.5 Å². The third kappa shape index (κ3) is 3.48. The topological polar surface area (TPSA) is 81.9 Å². The van der Waals surface area contributed by atoms with Gasteiger partial charge in [-0.1, -0.05) is 13.8 Å². The van der Waals surface area contributed by atoms with Crippen molar-refractivity contribution in [2.45, 2.75) is 45.6 Å². The molecule has 1 fully saturated rings. The van der Waals surface area contributed by atoms with Crippen LogP contribution in [-0.4, -0.2) is 35.7 Å². The Balaban J connectivity index is 2.21. The third-order valence-electron chi connectivity index (χ3n) is 3.62. The van der Waals surface area contributed by atoms with Gasteiger partial charge in [0.25, 0.3) is 0 Å². The van der Waals surface area contributed by atoms with E-state index in [2.05, 4.69) is 21.6 Å². The van der Waals surface area contributed by atoms with Crippen LogP contribution in [0.1, 0.15) is 43.5 Å². The number of nitrogens with zero attached hydrogens (tertiary/aromatic N) is 4. The SMILES string of the molecule is CCc1nnc(N(C)CC(=O)NC2CC2)c(C#N)c1CC. The van der Waals surface area contributed by atoms with E-state index in [0.717, 1.165) is 36.9 Å². The molecule has 1 aromatic rings. The van der Waals surface area contributed by atoms with E-state index in [1.54, 1.807) is 11.9 Å². The molecule has 0 aliphatic heterocycles. The Bertz CT molecular complexity index is 574. The summed E-state index contributed by atoms with van der Waals surface area (Å²) in [5.41, 5.74) is 2.32. The molecule has 1 aromatic heterocycles.